The van der Waals surface area contributed by atoms with Gasteiger partial charge in [-0.25, -0.2) is 0 Å². The number of aliphatic hydroxyl groups excluding tert-OH is 7. The summed E-state index contributed by atoms with van der Waals surface area (Å²) in [5, 5.41) is 72.2. The van der Waals surface area contributed by atoms with Gasteiger partial charge >= 0.3 is 11.9 Å². The summed E-state index contributed by atoms with van der Waals surface area (Å²) in [7, 11) is 0. The lowest BCUT2D eigenvalue weighted by molar-refractivity contribution is -0.332. The summed E-state index contributed by atoms with van der Waals surface area (Å²) in [5.41, 5.74) is 0. The molecule has 0 amide bonds. The van der Waals surface area contributed by atoms with Gasteiger partial charge in [-0.15, -0.1) is 0 Å². The third-order valence-corrected chi connectivity index (χ3v) is 12.5. The first-order valence-electron chi connectivity index (χ1n) is 26.9. The molecule has 0 aromatic heterocycles. The van der Waals surface area contributed by atoms with Crippen LogP contribution >= 0.6 is 0 Å². The van der Waals surface area contributed by atoms with Crippen molar-refractivity contribution in [3.8, 4) is 0 Å². The van der Waals surface area contributed by atoms with Crippen LogP contribution in [0.15, 0.2) is 60.8 Å². The Morgan fingerprint density at radius 3 is 1.43 bits per heavy atom. The van der Waals surface area contributed by atoms with Gasteiger partial charge < -0.3 is 64.2 Å². The maximum absolute atomic E-state index is 13.0. The average Bonchev–Trinajstić information content (AvgIpc) is 3.35. The van der Waals surface area contributed by atoms with Crippen molar-refractivity contribution < 1.29 is 73.8 Å². The summed E-state index contributed by atoms with van der Waals surface area (Å²) in [4.78, 5) is 25.8. The van der Waals surface area contributed by atoms with E-state index in [1.54, 1.807) is 0 Å². The molecule has 2 heterocycles. The number of hydrogen-bond donors (Lipinski definition) is 7. The van der Waals surface area contributed by atoms with Gasteiger partial charge in [-0.1, -0.05) is 152 Å². The molecule has 7 N–H and O–H groups in total. The van der Waals surface area contributed by atoms with Crippen molar-refractivity contribution >= 4 is 11.9 Å². The number of aliphatic hydroxyl groups is 7. The van der Waals surface area contributed by atoms with Gasteiger partial charge in [-0.3, -0.25) is 9.59 Å². The van der Waals surface area contributed by atoms with Crippen LogP contribution in [0.1, 0.15) is 181 Å². The number of ether oxygens (including phenoxy) is 6. The van der Waals surface area contributed by atoms with Crippen molar-refractivity contribution in [3.63, 3.8) is 0 Å². The Balaban J connectivity index is 1.80. The first kappa shape index (κ1) is 63.3. The van der Waals surface area contributed by atoms with Gasteiger partial charge in [0.05, 0.1) is 19.8 Å². The lowest BCUT2D eigenvalue weighted by atomic mass is 9.98. The molecule has 11 atom stereocenters. The van der Waals surface area contributed by atoms with Crippen LogP contribution in [0.3, 0.4) is 0 Å². The van der Waals surface area contributed by atoms with E-state index >= 15 is 0 Å². The highest BCUT2D eigenvalue weighted by molar-refractivity contribution is 5.70. The minimum atomic E-state index is -1.77. The molecule has 2 aliphatic rings. The number of carbonyl (C=O) groups excluding carboxylic acids is 2. The van der Waals surface area contributed by atoms with Crippen LogP contribution in [-0.4, -0.2) is 142 Å². The fourth-order valence-corrected chi connectivity index (χ4v) is 8.08. The van der Waals surface area contributed by atoms with E-state index in [0.29, 0.717) is 12.8 Å². The minimum absolute atomic E-state index is 0.145. The maximum Gasteiger partial charge on any atom is 0.306 e. The number of allylic oxidation sites excluding steroid dienone is 10. The van der Waals surface area contributed by atoms with Crippen molar-refractivity contribution in [2.24, 2.45) is 0 Å². The fraction of sp³-hybridized carbons (Fsp3) is 0.782. The Hall–Kier alpha value is -2.80. The van der Waals surface area contributed by atoms with Crippen molar-refractivity contribution in [1.29, 1.82) is 0 Å². The first-order chi connectivity index (χ1) is 34.0. The molecule has 0 spiro atoms. The van der Waals surface area contributed by atoms with E-state index in [2.05, 4.69) is 74.6 Å². The highest BCUT2D eigenvalue weighted by Crippen LogP contribution is 2.26. The summed E-state index contributed by atoms with van der Waals surface area (Å²) in [6.45, 7) is 2.45. The minimum Gasteiger partial charge on any atom is -0.462 e. The second-order valence-electron chi connectivity index (χ2n) is 18.7. The molecule has 2 rings (SSSR count). The van der Waals surface area contributed by atoms with Crippen LogP contribution in [0.2, 0.25) is 0 Å². The zero-order valence-corrected chi connectivity index (χ0v) is 42.7. The van der Waals surface area contributed by atoms with E-state index in [1.807, 2.05) is 0 Å². The molecule has 404 valence electrons. The Labute approximate surface area is 420 Å². The van der Waals surface area contributed by atoms with E-state index in [1.165, 1.54) is 38.5 Å². The second-order valence-corrected chi connectivity index (χ2v) is 18.7. The number of carbonyl (C=O) groups is 2. The van der Waals surface area contributed by atoms with Crippen LogP contribution in [0.5, 0.6) is 0 Å². The molecule has 0 saturated carbocycles. The molecule has 2 fully saturated rings. The molecule has 2 saturated heterocycles. The highest BCUT2D eigenvalue weighted by Gasteiger charge is 2.47. The molecule has 15 nitrogen and oxygen atoms in total. The normalized spacial score (nSPS) is 25.8. The molecule has 0 radical (unpaired) electrons. The molecule has 70 heavy (non-hydrogen) atoms. The SMILES string of the molecule is CC/C=C\C/C=C\C/C=C\C/C=C\CCCCCCCCC(=O)OC(COC(=O)CCCCCCC/C=C\CCCCCCCC)COC1OC(COC2OC(CO)C(O)C(O)C2O)C(O)C(O)C1O. The lowest BCUT2D eigenvalue weighted by Gasteiger charge is -2.42. The molecule has 15 heteroatoms. The topological polar surface area (TPSA) is 231 Å². The summed E-state index contributed by atoms with van der Waals surface area (Å²) in [5.74, 6) is -0.953. The Kier molecular flexibility index (Phi) is 37.7. The zero-order valence-electron chi connectivity index (χ0n) is 42.7. The van der Waals surface area contributed by atoms with Crippen LogP contribution in [0.4, 0.5) is 0 Å². The summed E-state index contributed by atoms with van der Waals surface area (Å²) in [6, 6.07) is 0. The summed E-state index contributed by atoms with van der Waals surface area (Å²) >= 11 is 0. The van der Waals surface area contributed by atoms with Crippen molar-refractivity contribution in [3.05, 3.63) is 60.8 Å². The van der Waals surface area contributed by atoms with E-state index in [-0.39, 0.29) is 19.4 Å². The van der Waals surface area contributed by atoms with E-state index in [0.717, 1.165) is 103 Å². The van der Waals surface area contributed by atoms with Crippen LogP contribution < -0.4 is 0 Å². The number of unbranched alkanes of at least 4 members (excludes halogenated alkanes) is 17. The molecular weight excluding hydrogens is 901 g/mol. The predicted octanol–water partition coefficient (Wildman–Crippen LogP) is 8.05. The Morgan fingerprint density at radius 2 is 0.900 bits per heavy atom. The Bertz CT molecular complexity index is 1450. The molecule has 0 bridgehead atoms. The van der Waals surface area contributed by atoms with Gasteiger partial charge in [-0.2, -0.15) is 0 Å². The van der Waals surface area contributed by atoms with Gasteiger partial charge in [0, 0.05) is 12.8 Å². The molecule has 0 aliphatic carbocycles. The number of rotatable bonds is 41. The van der Waals surface area contributed by atoms with Crippen LogP contribution in [0.25, 0.3) is 0 Å². The van der Waals surface area contributed by atoms with Crippen molar-refractivity contribution in [2.45, 2.75) is 248 Å². The average molecular weight is 995 g/mol. The second kappa shape index (κ2) is 41.6. The largest absolute Gasteiger partial charge is 0.462 e. The number of esters is 2. The molecule has 0 aromatic rings. The van der Waals surface area contributed by atoms with Gasteiger partial charge in [0.25, 0.3) is 0 Å². The quantitative estimate of drug-likeness (QED) is 0.0175. The van der Waals surface area contributed by atoms with Gasteiger partial charge in [0.1, 0.15) is 55.4 Å². The highest BCUT2D eigenvalue weighted by atomic mass is 16.7. The lowest BCUT2D eigenvalue weighted by Crippen LogP contribution is -2.61. The molecule has 11 unspecified atom stereocenters. The van der Waals surface area contributed by atoms with E-state index in [4.69, 9.17) is 28.4 Å². The van der Waals surface area contributed by atoms with E-state index in [9.17, 15) is 45.3 Å². The van der Waals surface area contributed by atoms with Gasteiger partial charge in [0.2, 0.25) is 0 Å². The van der Waals surface area contributed by atoms with E-state index < -0.39 is 99.3 Å². The van der Waals surface area contributed by atoms with Gasteiger partial charge in [-0.05, 0) is 77.0 Å². The monoisotopic (exact) mass is 995 g/mol. The molecule has 2 aliphatic heterocycles. The smallest absolute Gasteiger partial charge is 0.306 e. The van der Waals surface area contributed by atoms with Crippen LogP contribution in [-0.2, 0) is 38.0 Å². The summed E-state index contributed by atoms with van der Waals surface area (Å²) in [6.07, 6.45) is 30.9. The van der Waals surface area contributed by atoms with Crippen LogP contribution in [0, 0.1) is 0 Å². The number of hydrogen-bond acceptors (Lipinski definition) is 15. The zero-order chi connectivity index (χ0) is 51.0. The standard InChI is InChI=1S/C55H94O15/c1-3-5-7-9-11-13-15-17-19-20-21-22-24-26-28-30-32-34-36-38-47(58)68-43(40-65-46(57)37-35-33-31-29-27-25-23-18-16-14-12-10-8-6-4-2)41-66-54-53(64)51(62)49(60)45(70-54)42-67-55-52(63)50(61)48(59)44(39-56)69-55/h5,7,11,13,17-19,21-23,43-45,48-56,59-64H,3-4,6,8-10,12,14-16,20,24-42H2,1-2H3/b7-5-,13-11-,19-17-,22-21-,23-18-. The third kappa shape index (κ3) is 29.0. The summed E-state index contributed by atoms with van der Waals surface area (Å²) < 4.78 is 33.6. The predicted molar refractivity (Wildman–Crippen MR) is 270 cm³/mol. The third-order valence-electron chi connectivity index (χ3n) is 12.5. The van der Waals surface area contributed by atoms with Crippen molar-refractivity contribution in [2.75, 3.05) is 26.4 Å². The fourth-order valence-electron chi connectivity index (χ4n) is 8.08. The van der Waals surface area contributed by atoms with Gasteiger partial charge in [0.15, 0.2) is 18.7 Å². The van der Waals surface area contributed by atoms with Crippen molar-refractivity contribution in [1.82, 2.24) is 0 Å². The molecule has 0 aromatic carbocycles. The Morgan fingerprint density at radius 1 is 0.471 bits per heavy atom. The molecular formula is C55H94O15. The maximum atomic E-state index is 13.0. The first-order valence-corrected chi connectivity index (χ1v) is 26.9.